The molecule has 0 aromatic heterocycles. The molecule has 0 N–H and O–H groups in total. The third kappa shape index (κ3) is 15.2. The number of unbranched alkanes of at least 4 members (excludes halogenated alkanes) is 6. The maximum Gasteiger partial charge on any atom is -0.0169 e. The molecular weight excluding hydrogens is 216 g/mol. The summed E-state index contributed by atoms with van der Waals surface area (Å²) in [7, 11) is 0. The van der Waals surface area contributed by atoms with Gasteiger partial charge in [-0.1, -0.05) is 82.4 Å². The SMILES string of the molecule is CC/C=C\CC=CCC=CCCCCCCCC. The Hall–Kier alpha value is -0.780. The zero-order chi connectivity index (χ0) is 13.3. The number of allylic oxidation sites excluding steroid dienone is 6. The first kappa shape index (κ1) is 17.2. The minimum atomic E-state index is 1.08. The zero-order valence-corrected chi connectivity index (χ0v) is 12.5. The maximum absolute atomic E-state index is 2.34. The largest absolute Gasteiger partial charge is 0.0885 e. The molecule has 0 fully saturated rings. The van der Waals surface area contributed by atoms with Crippen LogP contribution in [0.3, 0.4) is 0 Å². The molecule has 104 valence electrons. The first-order chi connectivity index (χ1) is 8.91. The summed E-state index contributed by atoms with van der Waals surface area (Å²) < 4.78 is 0. The standard InChI is InChI=1S/C18H32/c1-3-5-7-9-11-13-15-17-18-16-14-12-10-8-6-4-2/h5,7,11,13,17-18H,3-4,6,8-10,12,14-16H2,1-2H3/b7-5-,13-11?,18-17?. The molecule has 0 nitrogen and oxygen atoms in total. The highest BCUT2D eigenvalue weighted by Crippen LogP contribution is 2.07. The van der Waals surface area contributed by atoms with E-state index in [0.717, 1.165) is 19.3 Å². The van der Waals surface area contributed by atoms with E-state index in [0.29, 0.717) is 0 Å². The van der Waals surface area contributed by atoms with Gasteiger partial charge in [-0.3, -0.25) is 0 Å². The fourth-order valence-corrected chi connectivity index (χ4v) is 1.87. The number of hydrogen-bond acceptors (Lipinski definition) is 0. The lowest BCUT2D eigenvalue weighted by Gasteiger charge is -1.97. The Bertz CT molecular complexity index is 220. The molecule has 0 aliphatic rings. The second-order valence-corrected chi connectivity index (χ2v) is 4.85. The van der Waals surface area contributed by atoms with E-state index in [2.05, 4.69) is 50.3 Å². The molecule has 0 aromatic carbocycles. The van der Waals surface area contributed by atoms with Crippen molar-refractivity contribution >= 4 is 0 Å². The molecule has 0 heterocycles. The highest BCUT2D eigenvalue weighted by atomic mass is 13.9. The van der Waals surface area contributed by atoms with E-state index in [1.54, 1.807) is 0 Å². The Balaban J connectivity index is 3.20. The third-order valence-corrected chi connectivity index (χ3v) is 3.00. The molecule has 0 saturated carbocycles. The topological polar surface area (TPSA) is 0 Å². The summed E-state index contributed by atoms with van der Waals surface area (Å²) >= 11 is 0. The first-order valence-electron chi connectivity index (χ1n) is 7.86. The van der Waals surface area contributed by atoms with Crippen LogP contribution in [0.1, 0.15) is 78.1 Å². The summed E-state index contributed by atoms with van der Waals surface area (Å²) in [6.45, 7) is 4.44. The second-order valence-electron chi connectivity index (χ2n) is 4.85. The molecule has 0 rings (SSSR count). The van der Waals surface area contributed by atoms with Gasteiger partial charge in [-0.2, -0.15) is 0 Å². The Kier molecular flexibility index (Phi) is 15.5. The van der Waals surface area contributed by atoms with Crippen molar-refractivity contribution in [2.24, 2.45) is 0 Å². The van der Waals surface area contributed by atoms with Gasteiger partial charge in [-0.15, -0.1) is 0 Å². The summed E-state index contributed by atoms with van der Waals surface area (Å²) in [6, 6.07) is 0. The summed E-state index contributed by atoms with van der Waals surface area (Å²) in [6.07, 6.45) is 26.6. The Labute approximate surface area is 115 Å². The second kappa shape index (κ2) is 16.2. The maximum atomic E-state index is 2.34. The van der Waals surface area contributed by atoms with Gasteiger partial charge in [0.25, 0.3) is 0 Å². The van der Waals surface area contributed by atoms with Crippen LogP contribution in [0.15, 0.2) is 36.5 Å². The minimum absolute atomic E-state index is 1.08. The predicted molar refractivity (Wildman–Crippen MR) is 84.9 cm³/mol. The molecular formula is C18H32. The quantitative estimate of drug-likeness (QED) is 0.270. The Morgan fingerprint density at radius 2 is 1.11 bits per heavy atom. The van der Waals surface area contributed by atoms with Crippen LogP contribution in [0.5, 0.6) is 0 Å². The smallest absolute Gasteiger partial charge is 0.0169 e. The van der Waals surface area contributed by atoms with Crippen LogP contribution in [0.2, 0.25) is 0 Å². The zero-order valence-electron chi connectivity index (χ0n) is 12.5. The molecule has 0 heteroatoms. The van der Waals surface area contributed by atoms with Crippen molar-refractivity contribution in [2.75, 3.05) is 0 Å². The van der Waals surface area contributed by atoms with Crippen LogP contribution in [-0.2, 0) is 0 Å². The molecule has 0 aliphatic heterocycles. The molecule has 0 unspecified atom stereocenters. The summed E-state index contributed by atoms with van der Waals surface area (Å²) in [4.78, 5) is 0. The molecule has 0 atom stereocenters. The minimum Gasteiger partial charge on any atom is -0.0885 e. The molecule has 0 amide bonds. The van der Waals surface area contributed by atoms with Gasteiger partial charge in [0.1, 0.15) is 0 Å². The average molecular weight is 248 g/mol. The van der Waals surface area contributed by atoms with Gasteiger partial charge in [-0.05, 0) is 32.1 Å². The molecule has 0 radical (unpaired) electrons. The fourth-order valence-electron chi connectivity index (χ4n) is 1.87. The molecule has 0 aliphatic carbocycles. The lowest BCUT2D eigenvalue weighted by molar-refractivity contribution is 0.611. The van der Waals surface area contributed by atoms with Gasteiger partial charge < -0.3 is 0 Å². The van der Waals surface area contributed by atoms with Gasteiger partial charge in [-0.25, -0.2) is 0 Å². The van der Waals surface area contributed by atoms with Crippen molar-refractivity contribution in [1.29, 1.82) is 0 Å². The molecule has 0 aromatic rings. The summed E-state index contributed by atoms with van der Waals surface area (Å²) in [5, 5.41) is 0. The van der Waals surface area contributed by atoms with E-state index < -0.39 is 0 Å². The summed E-state index contributed by atoms with van der Waals surface area (Å²) in [5.74, 6) is 0. The molecule has 0 saturated heterocycles. The van der Waals surface area contributed by atoms with Crippen molar-refractivity contribution in [3.8, 4) is 0 Å². The van der Waals surface area contributed by atoms with Gasteiger partial charge >= 0.3 is 0 Å². The van der Waals surface area contributed by atoms with E-state index in [4.69, 9.17) is 0 Å². The monoisotopic (exact) mass is 248 g/mol. The molecule has 18 heavy (non-hydrogen) atoms. The van der Waals surface area contributed by atoms with Gasteiger partial charge in [0.2, 0.25) is 0 Å². The Morgan fingerprint density at radius 1 is 0.556 bits per heavy atom. The van der Waals surface area contributed by atoms with Crippen LogP contribution in [0.4, 0.5) is 0 Å². The van der Waals surface area contributed by atoms with Gasteiger partial charge in [0.15, 0.2) is 0 Å². The average Bonchev–Trinajstić information content (AvgIpc) is 2.39. The Morgan fingerprint density at radius 3 is 1.78 bits per heavy atom. The van der Waals surface area contributed by atoms with Crippen LogP contribution in [0, 0.1) is 0 Å². The van der Waals surface area contributed by atoms with Crippen molar-refractivity contribution in [3.63, 3.8) is 0 Å². The van der Waals surface area contributed by atoms with Crippen LogP contribution < -0.4 is 0 Å². The third-order valence-electron chi connectivity index (χ3n) is 3.00. The number of rotatable bonds is 12. The molecule has 0 bridgehead atoms. The molecule has 0 spiro atoms. The highest BCUT2D eigenvalue weighted by Gasteiger charge is 1.87. The van der Waals surface area contributed by atoms with E-state index in [1.165, 1.54) is 44.9 Å². The van der Waals surface area contributed by atoms with Crippen LogP contribution in [0.25, 0.3) is 0 Å². The first-order valence-corrected chi connectivity index (χ1v) is 7.86. The van der Waals surface area contributed by atoms with Crippen molar-refractivity contribution in [3.05, 3.63) is 36.5 Å². The van der Waals surface area contributed by atoms with E-state index in [1.807, 2.05) is 0 Å². The van der Waals surface area contributed by atoms with Crippen LogP contribution in [-0.4, -0.2) is 0 Å². The van der Waals surface area contributed by atoms with Crippen molar-refractivity contribution in [1.82, 2.24) is 0 Å². The van der Waals surface area contributed by atoms with Crippen molar-refractivity contribution in [2.45, 2.75) is 78.1 Å². The number of hydrogen-bond donors (Lipinski definition) is 0. The van der Waals surface area contributed by atoms with Crippen LogP contribution >= 0.6 is 0 Å². The fraction of sp³-hybridized carbons (Fsp3) is 0.667. The highest BCUT2D eigenvalue weighted by molar-refractivity contribution is 4.96. The van der Waals surface area contributed by atoms with E-state index in [-0.39, 0.29) is 0 Å². The van der Waals surface area contributed by atoms with Gasteiger partial charge in [0.05, 0.1) is 0 Å². The summed E-state index contributed by atoms with van der Waals surface area (Å²) in [5.41, 5.74) is 0. The van der Waals surface area contributed by atoms with E-state index >= 15 is 0 Å². The predicted octanol–water partition coefficient (Wildman–Crippen LogP) is 6.60. The van der Waals surface area contributed by atoms with E-state index in [9.17, 15) is 0 Å². The lowest BCUT2D eigenvalue weighted by Crippen LogP contribution is -1.77. The normalized spacial score (nSPS) is 12.3. The van der Waals surface area contributed by atoms with Crippen molar-refractivity contribution < 1.29 is 0 Å². The lowest BCUT2D eigenvalue weighted by atomic mass is 10.1. The van der Waals surface area contributed by atoms with Gasteiger partial charge in [0, 0.05) is 0 Å².